The van der Waals surface area contributed by atoms with Crippen molar-refractivity contribution in [2.75, 3.05) is 11.1 Å². The summed E-state index contributed by atoms with van der Waals surface area (Å²) < 4.78 is 1.51. The Bertz CT molecular complexity index is 729. The Morgan fingerprint density at radius 1 is 1.57 bits per heavy atom. The minimum Gasteiger partial charge on any atom is -0.316 e. The van der Waals surface area contributed by atoms with Gasteiger partial charge in [-0.1, -0.05) is 11.8 Å². The largest absolute Gasteiger partial charge is 0.316 e. The van der Waals surface area contributed by atoms with Crippen molar-refractivity contribution in [1.29, 1.82) is 5.26 Å². The monoisotopic (exact) mass is 320 g/mol. The topological polar surface area (TPSA) is 96.5 Å². The predicted octanol–water partition coefficient (Wildman–Crippen LogP) is 1.36. The lowest BCUT2D eigenvalue weighted by Crippen LogP contribution is -2.14. The minimum absolute atomic E-state index is 0.153. The van der Waals surface area contributed by atoms with Gasteiger partial charge in [-0.2, -0.15) is 5.26 Å². The summed E-state index contributed by atoms with van der Waals surface area (Å²) >= 11 is 2.78. The summed E-state index contributed by atoms with van der Waals surface area (Å²) in [6.07, 6.45) is 3.03. The molecule has 0 saturated carbocycles. The molecule has 1 aliphatic rings. The van der Waals surface area contributed by atoms with Crippen molar-refractivity contribution in [3.8, 4) is 6.07 Å². The van der Waals surface area contributed by atoms with Crippen LogP contribution >= 0.6 is 23.1 Å². The number of rotatable bonds is 4. The van der Waals surface area contributed by atoms with Crippen LogP contribution in [0.4, 0.5) is 5.00 Å². The fourth-order valence-electron chi connectivity index (χ4n) is 2.25. The highest BCUT2D eigenvalue weighted by Gasteiger charge is 2.23. The number of amides is 1. The van der Waals surface area contributed by atoms with Crippen LogP contribution in [0, 0.1) is 11.3 Å². The van der Waals surface area contributed by atoms with E-state index in [0.29, 0.717) is 15.7 Å². The van der Waals surface area contributed by atoms with E-state index in [0.717, 1.165) is 24.8 Å². The van der Waals surface area contributed by atoms with Crippen LogP contribution in [0.2, 0.25) is 0 Å². The highest BCUT2D eigenvalue weighted by atomic mass is 32.2. The second-order valence-corrected chi connectivity index (χ2v) is 6.64. The van der Waals surface area contributed by atoms with Crippen molar-refractivity contribution in [3.05, 3.63) is 16.0 Å². The van der Waals surface area contributed by atoms with Crippen LogP contribution in [0.1, 0.15) is 22.4 Å². The maximum Gasteiger partial charge on any atom is 0.235 e. The van der Waals surface area contributed by atoms with Gasteiger partial charge in [0.05, 0.1) is 11.3 Å². The first-order valence-electron chi connectivity index (χ1n) is 6.38. The smallest absolute Gasteiger partial charge is 0.235 e. The van der Waals surface area contributed by atoms with E-state index < -0.39 is 0 Å². The molecule has 0 fully saturated rings. The third-order valence-corrected chi connectivity index (χ3v) is 5.42. The molecule has 0 atom stereocenters. The van der Waals surface area contributed by atoms with Crippen LogP contribution in [0.5, 0.6) is 0 Å². The normalized spacial score (nSPS) is 13.0. The molecule has 21 heavy (non-hydrogen) atoms. The summed E-state index contributed by atoms with van der Waals surface area (Å²) in [5.74, 6) is 0.0567. The molecule has 0 radical (unpaired) electrons. The van der Waals surface area contributed by atoms with Gasteiger partial charge in [0.2, 0.25) is 11.1 Å². The zero-order valence-electron chi connectivity index (χ0n) is 11.3. The van der Waals surface area contributed by atoms with Crippen LogP contribution in [-0.2, 0) is 24.7 Å². The summed E-state index contributed by atoms with van der Waals surface area (Å²) in [5.41, 5.74) is 1.74. The second kappa shape index (κ2) is 5.83. The number of tetrazole rings is 1. The molecule has 3 rings (SSSR count). The van der Waals surface area contributed by atoms with Crippen LogP contribution in [0.3, 0.4) is 0 Å². The number of thioether (sulfide) groups is 1. The number of fused-ring (bicyclic) bond motifs is 1. The Labute approximate surface area is 129 Å². The predicted molar refractivity (Wildman–Crippen MR) is 79.2 cm³/mol. The van der Waals surface area contributed by atoms with Crippen molar-refractivity contribution in [2.45, 2.75) is 24.4 Å². The zero-order valence-corrected chi connectivity index (χ0v) is 12.9. The van der Waals surface area contributed by atoms with Crippen molar-refractivity contribution >= 4 is 34.0 Å². The lowest BCUT2D eigenvalue weighted by Gasteiger charge is -2.03. The highest BCUT2D eigenvalue weighted by Crippen LogP contribution is 2.38. The minimum atomic E-state index is -0.153. The molecule has 0 aliphatic heterocycles. The molecular weight excluding hydrogens is 308 g/mol. The van der Waals surface area contributed by atoms with E-state index >= 15 is 0 Å². The first-order chi connectivity index (χ1) is 10.2. The molecule has 1 aliphatic carbocycles. The molecule has 2 aromatic heterocycles. The Morgan fingerprint density at radius 3 is 3.14 bits per heavy atom. The van der Waals surface area contributed by atoms with E-state index in [-0.39, 0.29) is 11.7 Å². The highest BCUT2D eigenvalue weighted by molar-refractivity contribution is 7.99. The lowest BCUT2D eigenvalue weighted by atomic mass is 10.1. The SMILES string of the molecule is Cn1nnnc1SCC(=O)Nc1sc2c(c1C#N)CCC2. The van der Waals surface area contributed by atoms with E-state index in [1.165, 1.54) is 32.7 Å². The number of aryl methyl sites for hydroxylation is 2. The van der Waals surface area contributed by atoms with Crippen LogP contribution < -0.4 is 5.32 Å². The quantitative estimate of drug-likeness (QED) is 0.855. The van der Waals surface area contributed by atoms with Gasteiger partial charge in [0.1, 0.15) is 11.1 Å². The van der Waals surface area contributed by atoms with Gasteiger partial charge in [-0.25, -0.2) is 4.68 Å². The Balaban J connectivity index is 1.66. The Morgan fingerprint density at radius 2 is 2.43 bits per heavy atom. The molecule has 2 heterocycles. The van der Waals surface area contributed by atoms with Gasteiger partial charge in [0.15, 0.2) is 0 Å². The standard InChI is InChI=1S/C12H12N6OS2/c1-18-12(15-16-17-18)20-6-10(19)14-11-8(5-13)7-3-2-4-9(7)21-11/h2-4,6H2,1H3,(H,14,19). The van der Waals surface area contributed by atoms with Crippen molar-refractivity contribution < 1.29 is 4.79 Å². The number of nitrogens with zero attached hydrogens (tertiary/aromatic N) is 5. The first kappa shape index (κ1) is 14.0. The number of hydrogen-bond donors (Lipinski definition) is 1. The Kier molecular flexibility index (Phi) is 3.90. The molecule has 108 valence electrons. The van der Waals surface area contributed by atoms with Gasteiger partial charge in [0.25, 0.3) is 0 Å². The van der Waals surface area contributed by atoms with E-state index in [4.69, 9.17) is 0 Å². The van der Waals surface area contributed by atoms with Crippen molar-refractivity contribution in [2.24, 2.45) is 7.05 Å². The maximum atomic E-state index is 12.0. The molecule has 1 amide bonds. The molecule has 0 bridgehead atoms. The number of nitriles is 1. The van der Waals surface area contributed by atoms with Gasteiger partial charge < -0.3 is 5.32 Å². The van der Waals surface area contributed by atoms with Crippen LogP contribution in [0.25, 0.3) is 0 Å². The number of carbonyl (C=O) groups is 1. The first-order valence-corrected chi connectivity index (χ1v) is 8.19. The van der Waals surface area contributed by atoms with Gasteiger partial charge in [-0.15, -0.1) is 16.4 Å². The summed E-state index contributed by atoms with van der Waals surface area (Å²) in [6.45, 7) is 0. The number of carbonyl (C=O) groups excluding carboxylic acids is 1. The van der Waals surface area contributed by atoms with Crippen molar-refractivity contribution in [3.63, 3.8) is 0 Å². The van der Waals surface area contributed by atoms with Gasteiger partial charge in [0, 0.05) is 11.9 Å². The van der Waals surface area contributed by atoms with E-state index in [1.54, 1.807) is 7.05 Å². The van der Waals surface area contributed by atoms with E-state index in [2.05, 4.69) is 26.9 Å². The van der Waals surface area contributed by atoms with Crippen LogP contribution in [0.15, 0.2) is 5.16 Å². The molecule has 0 aromatic carbocycles. The molecular formula is C12H12N6OS2. The lowest BCUT2D eigenvalue weighted by molar-refractivity contribution is -0.113. The van der Waals surface area contributed by atoms with Crippen molar-refractivity contribution in [1.82, 2.24) is 20.2 Å². The molecule has 7 nitrogen and oxygen atoms in total. The van der Waals surface area contributed by atoms with Gasteiger partial charge >= 0.3 is 0 Å². The molecule has 0 saturated heterocycles. The van der Waals surface area contributed by atoms with Gasteiger partial charge in [-0.3, -0.25) is 4.79 Å². The summed E-state index contributed by atoms with van der Waals surface area (Å²) in [4.78, 5) is 13.2. The number of aromatic nitrogens is 4. The van der Waals surface area contributed by atoms with Gasteiger partial charge in [-0.05, 0) is 35.3 Å². The zero-order chi connectivity index (χ0) is 14.8. The van der Waals surface area contributed by atoms with E-state index in [9.17, 15) is 10.1 Å². The number of nitrogens with one attached hydrogen (secondary N) is 1. The third kappa shape index (κ3) is 2.77. The average Bonchev–Trinajstić information content (AvgIpc) is 3.12. The second-order valence-electron chi connectivity index (χ2n) is 4.60. The Hall–Kier alpha value is -1.92. The summed E-state index contributed by atoms with van der Waals surface area (Å²) in [7, 11) is 1.72. The number of thiophene rings is 1. The number of anilines is 1. The molecule has 1 N–H and O–H groups in total. The summed E-state index contributed by atoms with van der Waals surface area (Å²) in [6, 6.07) is 2.21. The third-order valence-electron chi connectivity index (χ3n) is 3.20. The molecule has 0 spiro atoms. The fraction of sp³-hybridized carbons (Fsp3) is 0.417. The maximum absolute atomic E-state index is 12.0. The van der Waals surface area contributed by atoms with Crippen LogP contribution in [-0.4, -0.2) is 31.9 Å². The average molecular weight is 320 g/mol. The number of hydrogen-bond acceptors (Lipinski definition) is 7. The molecule has 0 unspecified atom stereocenters. The molecule has 9 heteroatoms. The fourth-order valence-corrected chi connectivity index (χ4v) is 4.15. The summed E-state index contributed by atoms with van der Waals surface area (Å²) in [5, 5.41) is 24.4. The molecule has 2 aromatic rings. The van der Waals surface area contributed by atoms with E-state index in [1.807, 2.05) is 0 Å².